The molecule has 7 heteroatoms. The van der Waals surface area contributed by atoms with Crippen molar-refractivity contribution < 1.29 is 33.6 Å². The second-order valence-electron chi connectivity index (χ2n) is 7.75. The second-order valence-corrected chi connectivity index (χ2v) is 7.75. The minimum Gasteiger partial charge on any atom is -0.493 e. The number of carbonyl (C=O) groups is 1. The van der Waals surface area contributed by atoms with E-state index in [0.717, 1.165) is 11.1 Å². The maximum Gasteiger partial charge on any atom is 0.235 e. The van der Waals surface area contributed by atoms with Gasteiger partial charge in [0.2, 0.25) is 6.29 Å². The highest BCUT2D eigenvalue weighted by molar-refractivity contribution is 6.06. The molecule has 30 heavy (non-hydrogen) atoms. The van der Waals surface area contributed by atoms with Gasteiger partial charge in [-0.1, -0.05) is 6.58 Å². The summed E-state index contributed by atoms with van der Waals surface area (Å²) in [5, 5.41) is 10.7. The van der Waals surface area contributed by atoms with Crippen LogP contribution in [0.2, 0.25) is 0 Å². The largest absolute Gasteiger partial charge is 0.493 e. The Morgan fingerprint density at radius 3 is 2.53 bits per heavy atom. The molecule has 3 aliphatic heterocycles. The van der Waals surface area contributed by atoms with Crippen molar-refractivity contribution in [2.45, 2.75) is 37.8 Å². The van der Waals surface area contributed by atoms with Crippen LogP contribution < -0.4 is 23.7 Å². The Kier molecular flexibility index (Phi) is 4.18. The van der Waals surface area contributed by atoms with Crippen molar-refractivity contribution in [1.82, 2.24) is 0 Å². The predicted molar refractivity (Wildman–Crippen MR) is 107 cm³/mol. The lowest BCUT2D eigenvalue weighted by atomic mass is 9.80. The lowest BCUT2D eigenvalue weighted by molar-refractivity contribution is -0.112. The number of Topliss-reactive ketones (excluding diaryl/α,β-unsaturated/α-hetero) is 1. The van der Waals surface area contributed by atoms with Crippen LogP contribution in [0.5, 0.6) is 28.7 Å². The van der Waals surface area contributed by atoms with Gasteiger partial charge in [0.1, 0.15) is 23.4 Å². The molecule has 0 bridgehead atoms. The third kappa shape index (κ3) is 2.58. The van der Waals surface area contributed by atoms with Crippen LogP contribution in [0.15, 0.2) is 36.4 Å². The summed E-state index contributed by atoms with van der Waals surface area (Å²) in [4.78, 5) is 13.6. The SMILES string of the molecule is C=C(C)[C@H]1Cc2c(ccc3c2O[C@@H]2C(O)Oc4cc(OC)c(OC)cc4[C@@H]2C3=O)O1. The van der Waals surface area contributed by atoms with Crippen LogP contribution in [0.1, 0.15) is 34.3 Å². The van der Waals surface area contributed by atoms with Crippen molar-refractivity contribution in [3.05, 3.63) is 53.1 Å². The van der Waals surface area contributed by atoms with Crippen molar-refractivity contribution in [2.75, 3.05) is 14.2 Å². The number of benzene rings is 2. The van der Waals surface area contributed by atoms with Crippen LogP contribution in [0.4, 0.5) is 0 Å². The number of fused-ring (bicyclic) bond motifs is 6. The van der Waals surface area contributed by atoms with Gasteiger partial charge in [-0.05, 0) is 30.7 Å². The Labute approximate surface area is 173 Å². The van der Waals surface area contributed by atoms with E-state index < -0.39 is 18.3 Å². The van der Waals surface area contributed by atoms with Crippen LogP contribution in [0, 0.1) is 0 Å². The zero-order chi connectivity index (χ0) is 21.2. The Hall–Kier alpha value is -3.19. The second kappa shape index (κ2) is 6.67. The summed E-state index contributed by atoms with van der Waals surface area (Å²) in [7, 11) is 3.04. The molecule has 0 radical (unpaired) electrons. The first-order chi connectivity index (χ1) is 14.4. The molecule has 0 spiro atoms. The average Bonchev–Trinajstić information content (AvgIpc) is 3.18. The van der Waals surface area contributed by atoms with E-state index in [0.29, 0.717) is 46.3 Å². The van der Waals surface area contributed by atoms with Gasteiger partial charge < -0.3 is 28.8 Å². The normalized spacial score (nSPS) is 25.5. The zero-order valence-corrected chi connectivity index (χ0v) is 16.9. The number of carbonyl (C=O) groups excluding carboxylic acids is 1. The first-order valence-electron chi connectivity index (χ1n) is 9.72. The van der Waals surface area contributed by atoms with Gasteiger partial charge in [0.25, 0.3) is 0 Å². The van der Waals surface area contributed by atoms with Crippen molar-refractivity contribution in [1.29, 1.82) is 0 Å². The van der Waals surface area contributed by atoms with E-state index >= 15 is 0 Å². The van der Waals surface area contributed by atoms with Crippen molar-refractivity contribution >= 4 is 5.78 Å². The first-order valence-corrected chi connectivity index (χ1v) is 9.72. The van der Waals surface area contributed by atoms with E-state index in [2.05, 4.69) is 6.58 Å². The van der Waals surface area contributed by atoms with Crippen LogP contribution in [-0.2, 0) is 6.42 Å². The standard InChI is InChI=1S/C23H22O7/c1-10(2)15-8-13-14(28-15)6-5-11-20(24)19-12-7-17(26-3)18(27-4)9-16(12)29-23(25)22(19)30-21(11)13/h5-7,9,15,19,22-23,25H,1,8H2,2-4H3/t15-,19-,22+,23?/m1/s1. The number of ketones is 1. The molecule has 0 saturated heterocycles. The van der Waals surface area contributed by atoms with Crippen molar-refractivity contribution in [3.63, 3.8) is 0 Å². The third-order valence-corrected chi connectivity index (χ3v) is 5.94. The van der Waals surface area contributed by atoms with Gasteiger partial charge in [0, 0.05) is 23.6 Å². The number of methoxy groups -OCH3 is 2. The molecule has 7 nitrogen and oxygen atoms in total. The Bertz CT molecular complexity index is 1070. The number of ether oxygens (including phenoxy) is 5. The van der Waals surface area contributed by atoms with Crippen molar-refractivity contribution in [3.8, 4) is 28.7 Å². The molecule has 0 aromatic heterocycles. The van der Waals surface area contributed by atoms with E-state index in [9.17, 15) is 9.90 Å². The summed E-state index contributed by atoms with van der Waals surface area (Å²) >= 11 is 0. The van der Waals surface area contributed by atoms with Crippen LogP contribution in [-0.4, -0.2) is 43.6 Å². The number of hydrogen-bond donors (Lipinski definition) is 1. The van der Waals surface area contributed by atoms with Gasteiger partial charge >= 0.3 is 0 Å². The van der Waals surface area contributed by atoms with Crippen molar-refractivity contribution in [2.24, 2.45) is 0 Å². The molecule has 2 aromatic carbocycles. The number of aliphatic hydroxyl groups is 1. The van der Waals surface area contributed by atoms with E-state index in [4.69, 9.17) is 23.7 Å². The van der Waals surface area contributed by atoms with Gasteiger partial charge in [-0.25, -0.2) is 0 Å². The summed E-state index contributed by atoms with van der Waals surface area (Å²) < 4.78 is 28.5. The summed E-state index contributed by atoms with van der Waals surface area (Å²) in [5.41, 5.74) is 2.78. The van der Waals surface area contributed by atoms with E-state index in [1.807, 2.05) is 6.92 Å². The van der Waals surface area contributed by atoms with E-state index in [1.165, 1.54) is 14.2 Å². The molecule has 3 aliphatic rings. The highest BCUT2D eigenvalue weighted by Gasteiger charge is 2.49. The Balaban J connectivity index is 1.61. The third-order valence-electron chi connectivity index (χ3n) is 5.94. The monoisotopic (exact) mass is 410 g/mol. The maximum absolute atomic E-state index is 13.6. The Morgan fingerprint density at radius 1 is 1.10 bits per heavy atom. The van der Waals surface area contributed by atoms with Gasteiger partial charge in [-0.3, -0.25) is 4.79 Å². The molecule has 0 fully saturated rings. The van der Waals surface area contributed by atoms with Gasteiger partial charge in [0.15, 0.2) is 23.4 Å². The fourth-order valence-corrected chi connectivity index (χ4v) is 4.38. The summed E-state index contributed by atoms with van der Waals surface area (Å²) in [6.07, 6.45) is -1.79. The van der Waals surface area contributed by atoms with Crippen LogP contribution >= 0.6 is 0 Å². The number of hydrogen-bond acceptors (Lipinski definition) is 7. The molecular weight excluding hydrogens is 388 g/mol. The van der Waals surface area contributed by atoms with E-state index in [-0.39, 0.29) is 11.9 Å². The van der Waals surface area contributed by atoms with Gasteiger partial charge in [-0.15, -0.1) is 0 Å². The molecule has 1 N–H and O–H groups in total. The molecule has 2 aromatic rings. The number of aliphatic hydroxyl groups excluding tert-OH is 1. The highest BCUT2D eigenvalue weighted by Crippen LogP contribution is 2.50. The molecule has 0 saturated carbocycles. The maximum atomic E-state index is 13.6. The average molecular weight is 410 g/mol. The molecule has 0 amide bonds. The molecular formula is C23H22O7. The van der Waals surface area contributed by atoms with Gasteiger partial charge in [0.05, 0.1) is 25.7 Å². The highest BCUT2D eigenvalue weighted by atomic mass is 16.6. The fourth-order valence-electron chi connectivity index (χ4n) is 4.38. The first kappa shape index (κ1) is 18.8. The lowest BCUT2D eigenvalue weighted by Gasteiger charge is -2.40. The summed E-state index contributed by atoms with van der Waals surface area (Å²) in [6.45, 7) is 5.87. The summed E-state index contributed by atoms with van der Waals surface area (Å²) in [5.74, 6) is 1.55. The quantitative estimate of drug-likeness (QED) is 0.779. The molecule has 0 aliphatic carbocycles. The molecule has 5 rings (SSSR count). The predicted octanol–water partition coefficient (Wildman–Crippen LogP) is 3.02. The minimum atomic E-state index is -1.31. The Morgan fingerprint density at radius 2 is 1.83 bits per heavy atom. The molecule has 1 unspecified atom stereocenters. The molecule has 4 atom stereocenters. The molecule has 156 valence electrons. The topological polar surface area (TPSA) is 83.5 Å². The zero-order valence-electron chi connectivity index (χ0n) is 16.9. The fraction of sp³-hybridized carbons (Fsp3) is 0.348. The smallest absolute Gasteiger partial charge is 0.235 e. The van der Waals surface area contributed by atoms with Crippen LogP contribution in [0.3, 0.4) is 0 Å². The lowest BCUT2D eigenvalue weighted by Crippen LogP contribution is -2.49. The molecule has 3 heterocycles. The minimum absolute atomic E-state index is 0.140. The van der Waals surface area contributed by atoms with E-state index in [1.54, 1.807) is 24.3 Å². The number of rotatable bonds is 3. The van der Waals surface area contributed by atoms with Gasteiger partial charge in [-0.2, -0.15) is 0 Å². The summed E-state index contributed by atoms with van der Waals surface area (Å²) in [6, 6.07) is 6.84. The van der Waals surface area contributed by atoms with Crippen LogP contribution in [0.25, 0.3) is 0 Å².